The molecule has 2 aliphatic carbocycles. The number of nitrogens with zero attached hydrogens (tertiary/aromatic N) is 2. The highest BCUT2D eigenvalue weighted by Gasteiger charge is 2.92. The SMILES string of the molecule is CC[C@@H](C)C(=O)OC[C@]12[C@H](OC(C)=O)[C@H](OC(C)=O)[C@@H]3[C@@H](OC(C)=O)[C@@]14O[C@@]3(C)COC(=O)c1cnccc1[C@@H](C)[C@H](C)C(=O)O[C@@H]([C@H](OC(=O)c1ccc(=O)n(C)c1)[C@@H]2OC(C)=O)[C@]4(C)O. The first-order valence-electron chi connectivity index (χ1n) is 21.8. The molecular formula is C46H56N2O19. The fourth-order valence-corrected chi connectivity index (χ4v) is 10.3. The molecule has 1 saturated heterocycles. The summed E-state index contributed by atoms with van der Waals surface area (Å²) in [6.07, 6.45) is -8.67. The van der Waals surface area contributed by atoms with E-state index in [4.69, 9.17) is 42.6 Å². The first-order valence-corrected chi connectivity index (χ1v) is 21.8. The molecule has 2 saturated carbocycles. The van der Waals surface area contributed by atoms with E-state index >= 15 is 0 Å². The molecular weight excluding hydrogens is 885 g/mol. The summed E-state index contributed by atoms with van der Waals surface area (Å²) in [5.74, 6) is -12.9. The van der Waals surface area contributed by atoms with Crippen molar-refractivity contribution in [2.45, 2.75) is 135 Å². The van der Waals surface area contributed by atoms with E-state index in [1.807, 2.05) is 0 Å². The summed E-state index contributed by atoms with van der Waals surface area (Å²) in [7, 11) is 1.35. The molecule has 67 heavy (non-hydrogen) atoms. The lowest BCUT2D eigenvalue weighted by atomic mass is 9.45. The molecule has 0 amide bonds. The van der Waals surface area contributed by atoms with Gasteiger partial charge >= 0.3 is 47.8 Å². The zero-order valence-corrected chi connectivity index (χ0v) is 39.0. The molecule has 21 nitrogen and oxygen atoms in total. The van der Waals surface area contributed by atoms with E-state index in [9.17, 15) is 48.3 Å². The Kier molecular flexibility index (Phi) is 13.8. The molecule has 3 fully saturated rings. The minimum atomic E-state index is -2.94. The quantitative estimate of drug-likeness (QED) is 0.264. The van der Waals surface area contributed by atoms with Crippen LogP contribution in [0.2, 0.25) is 0 Å². The molecule has 2 aliphatic heterocycles. The number of pyridine rings is 2. The molecule has 0 aromatic carbocycles. The summed E-state index contributed by atoms with van der Waals surface area (Å²) in [4.78, 5) is 128. The Balaban J connectivity index is 1.81. The highest BCUT2D eigenvalue weighted by atomic mass is 16.7. The van der Waals surface area contributed by atoms with Crippen molar-refractivity contribution < 1.29 is 86.1 Å². The van der Waals surface area contributed by atoms with Crippen molar-refractivity contribution in [3.05, 3.63) is 63.8 Å². The van der Waals surface area contributed by atoms with Gasteiger partial charge in [-0.2, -0.15) is 0 Å². The Bertz CT molecular complexity index is 2410. The molecule has 0 unspecified atom stereocenters. The lowest BCUT2D eigenvalue weighted by molar-refractivity contribution is -0.386. The fraction of sp³-hybridized carbons (Fsp3) is 0.609. The third kappa shape index (κ3) is 8.44. The second-order valence-electron chi connectivity index (χ2n) is 18.2. The Labute approximate surface area is 385 Å². The highest BCUT2D eigenvalue weighted by Crippen LogP contribution is 2.70. The number of ether oxygens (including phenoxy) is 9. The molecule has 6 rings (SSSR count). The van der Waals surface area contributed by atoms with Crippen molar-refractivity contribution in [1.29, 1.82) is 0 Å². The maximum absolute atomic E-state index is 14.8. The van der Waals surface area contributed by atoms with Crippen LogP contribution in [-0.2, 0) is 78.4 Å². The van der Waals surface area contributed by atoms with Crippen molar-refractivity contribution in [2.75, 3.05) is 13.2 Å². The van der Waals surface area contributed by atoms with Gasteiger partial charge in [0.25, 0.3) is 0 Å². The van der Waals surface area contributed by atoms with Crippen LogP contribution < -0.4 is 5.56 Å². The first kappa shape index (κ1) is 50.2. The zero-order chi connectivity index (χ0) is 49.7. The van der Waals surface area contributed by atoms with Crippen LogP contribution in [0.15, 0.2) is 41.6 Å². The van der Waals surface area contributed by atoms with Crippen LogP contribution in [0.5, 0.6) is 0 Å². The number of cyclic esters (lactones) is 1. The maximum Gasteiger partial charge on any atom is 0.340 e. The van der Waals surface area contributed by atoms with Crippen LogP contribution in [0.4, 0.5) is 0 Å². The average molecular weight is 941 g/mol. The number of rotatable bonds is 10. The lowest BCUT2D eigenvalue weighted by Gasteiger charge is -2.67. The largest absolute Gasteiger partial charge is 0.464 e. The van der Waals surface area contributed by atoms with Crippen LogP contribution in [0.3, 0.4) is 0 Å². The highest BCUT2D eigenvalue weighted by molar-refractivity contribution is 5.91. The number of aromatic nitrogens is 2. The van der Waals surface area contributed by atoms with Crippen molar-refractivity contribution in [3.63, 3.8) is 0 Å². The van der Waals surface area contributed by atoms with Crippen LogP contribution in [0.25, 0.3) is 0 Å². The monoisotopic (exact) mass is 940 g/mol. The summed E-state index contributed by atoms with van der Waals surface area (Å²) in [5, 5.41) is 13.9. The number of aryl methyl sites for hydroxylation is 1. The molecule has 1 N–H and O–H groups in total. The molecule has 364 valence electrons. The smallest absolute Gasteiger partial charge is 0.340 e. The van der Waals surface area contributed by atoms with Gasteiger partial charge in [-0.25, -0.2) is 9.59 Å². The van der Waals surface area contributed by atoms with Gasteiger partial charge in [0.1, 0.15) is 42.0 Å². The number of aliphatic hydroxyl groups is 1. The molecule has 14 atom stereocenters. The van der Waals surface area contributed by atoms with Gasteiger partial charge in [0, 0.05) is 59.4 Å². The Morgan fingerprint density at radius 3 is 2.03 bits per heavy atom. The van der Waals surface area contributed by atoms with E-state index in [2.05, 4.69) is 4.98 Å². The summed E-state index contributed by atoms with van der Waals surface area (Å²) in [6, 6.07) is 3.68. The molecule has 21 heteroatoms. The van der Waals surface area contributed by atoms with Gasteiger partial charge in [0.15, 0.2) is 30.0 Å². The number of carbonyl (C=O) groups excluding carboxylic acids is 8. The molecule has 4 bridgehead atoms. The zero-order valence-electron chi connectivity index (χ0n) is 39.0. The lowest BCUT2D eigenvalue weighted by Crippen LogP contribution is -2.89. The Morgan fingerprint density at radius 1 is 0.851 bits per heavy atom. The van der Waals surface area contributed by atoms with Gasteiger partial charge in [0.2, 0.25) is 5.56 Å². The third-order valence-corrected chi connectivity index (χ3v) is 13.7. The van der Waals surface area contributed by atoms with E-state index in [0.29, 0.717) is 0 Å². The first-order chi connectivity index (χ1) is 31.3. The van der Waals surface area contributed by atoms with E-state index < -0.39 is 149 Å². The number of fused-ring (bicyclic) bond motifs is 5. The van der Waals surface area contributed by atoms with Crippen molar-refractivity contribution >= 4 is 47.8 Å². The van der Waals surface area contributed by atoms with E-state index in [0.717, 1.165) is 57.5 Å². The van der Waals surface area contributed by atoms with Gasteiger partial charge in [-0.05, 0) is 43.9 Å². The van der Waals surface area contributed by atoms with Crippen LogP contribution >= 0.6 is 0 Å². The van der Waals surface area contributed by atoms with E-state index in [1.54, 1.807) is 13.8 Å². The normalized spacial score (nSPS) is 34.7. The van der Waals surface area contributed by atoms with Gasteiger partial charge < -0.3 is 52.3 Å². The van der Waals surface area contributed by atoms with Crippen molar-refractivity contribution in [3.8, 4) is 0 Å². The van der Waals surface area contributed by atoms with Gasteiger partial charge in [-0.1, -0.05) is 27.7 Å². The second-order valence-corrected chi connectivity index (χ2v) is 18.2. The summed E-state index contributed by atoms with van der Waals surface area (Å²) in [6.45, 7) is 10.8. The molecule has 4 aliphatic rings. The number of esters is 8. The molecule has 0 radical (unpaired) electrons. The van der Waals surface area contributed by atoms with E-state index in [-0.39, 0.29) is 23.1 Å². The average Bonchev–Trinajstić information content (AvgIpc) is 3.48. The van der Waals surface area contributed by atoms with Crippen molar-refractivity contribution in [1.82, 2.24) is 9.55 Å². The minimum Gasteiger partial charge on any atom is -0.464 e. The standard InChI is InChI=1S/C46H56N2O19/c1-12-21(2)39(54)60-20-45-37(63-26(7)51)33(61-24(5)49)32-35(62-25(6)50)46(45)44(10,58)36(34(38(45)64-27(8)52)65-41(56)28-13-14-31(53)48(11)18-28)66-40(55)23(4)22(3)29-15-16-47-17-30(29)42(57)59-19-43(32,9)67-46/h13-18,21-23,32-38,58H,12,19-20H2,1-11H3/t21-,22+,23+,32-,33-,34+,35-,36+,37-,38+,43+,44+,45-,46+/m1/s1. The Morgan fingerprint density at radius 2 is 1.45 bits per heavy atom. The van der Waals surface area contributed by atoms with Crippen LogP contribution in [-0.4, -0.2) is 129 Å². The predicted octanol–water partition coefficient (Wildman–Crippen LogP) is 2.05. The molecule has 4 heterocycles. The van der Waals surface area contributed by atoms with Gasteiger partial charge in [-0.3, -0.25) is 38.5 Å². The summed E-state index contributed by atoms with van der Waals surface area (Å²) < 4.78 is 57.3. The van der Waals surface area contributed by atoms with Gasteiger partial charge in [-0.15, -0.1) is 0 Å². The Hall–Kier alpha value is -6.22. The third-order valence-electron chi connectivity index (χ3n) is 13.7. The number of hydrogen-bond acceptors (Lipinski definition) is 20. The van der Waals surface area contributed by atoms with Crippen molar-refractivity contribution in [2.24, 2.45) is 30.2 Å². The fourth-order valence-electron chi connectivity index (χ4n) is 10.3. The molecule has 2 aromatic rings. The maximum atomic E-state index is 14.8. The summed E-state index contributed by atoms with van der Waals surface area (Å²) in [5.41, 5.74) is -11.2. The predicted molar refractivity (Wildman–Crippen MR) is 224 cm³/mol. The van der Waals surface area contributed by atoms with Crippen LogP contribution in [0, 0.1) is 23.2 Å². The van der Waals surface area contributed by atoms with E-state index in [1.165, 1.54) is 46.3 Å². The van der Waals surface area contributed by atoms with Gasteiger partial charge in [0.05, 0.1) is 28.9 Å². The topological polar surface area (TPSA) is 275 Å². The second kappa shape index (κ2) is 18.5. The number of hydrogen-bond donors (Lipinski definition) is 1. The van der Waals surface area contributed by atoms with Crippen LogP contribution in [0.1, 0.15) is 108 Å². The number of carbonyl (C=O) groups is 8. The molecule has 1 spiro atoms. The molecule has 2 aromatic heterocycles. The minimum absolute atomic E-state index is 0.0715. The summed E-state index contributed by atoms with van der Waals surface area (Å²) >= 11 is 0.